The zero-order valence-corrected chi connectivity index (χ0v) is 13.2. The predicted octanol–water partition coefficient (Wildman–Crippen LogP) is 2.60. The average molecular weight is 304 g/mol. The molecule has 112 valence electrons. The van der Waals surface area contributed by atoms with Crippen molar-refractivity contribution in [2.45, 2.75) is 0 Å². The Balaban J connectivity index is 0.000000109. The summed E-state index contributed by atoms with van der Waals surface area (Å²) in [5.41, 5.74) is 5.37. The minimum absolute atomic E-state index is 1.34. The van der Waals surface area contributed by atoms with Gasteiger partial charge in [-0.3, -0.25) is 0 Å². The molecule has 0 fully saturated rings. The van der Waals surface area contributed by atoms with Crippen molar-refractivity contribution in [3.8, 4) is 0 Å². The first-order chi connectivity index (χ1) is 11.9. The molecule has 6 rings (SSSR count). The van der Waals surface area contributed by atoms with E-state index in [-0.39, 0.29) is 0 Å². The SMILES string of the molecule is C1=Cc2cc3c(cc2=C1)C=CC=3.C1=Cc2cc3c(cc2=C1)C=CC=3. The summed E-state index contributed by atoms with van der Waals surface area (Å²) in [6.45, 7) is 0. The van der Waals surface area contributed by atoms with Gasteiger partial charge in [0.05, 0.1) is 0 Å². The van der Waals surface area contributed by atoms with Crippen molar-refractivity contribution < 1.29 is 0 Å². The molecule has 0 radical (unpaired) electrons. The molecule has 0 amide bonds. The Kier molecular flexibility index (Phi) is 2.89. The van der Waals surface area contributed by atoms with Crippen LogP contribution in [0.15, 0.2) is 48.6 Å². The number of allylic oxidation sites excluding steroid dienone is 4. The van der Waals surface area contributed by atoms with E-state index >= 15 is 0 Å². The number of hydrogen-bond donors (Lipinski definition) is 0. The molecule has 2 aromatic carbocycles. The second-order valence-corrected chi connectivity index (χ2v) is 6.32. The van der Waals surface area contributed by atoms with Gasteiger partial charge in [-0.2, -0.15) is 0 Å². The number of hydrogen-bond acceptors (Lipinski definition) is 0. The molecule has 0 unspecified atom stereocenters. The van der Waals surface area contributed by atoms with E-state index in [9.17, 15) is 0 Å². The zero-order chi connectivity index (χ0) is 15.9. The molecule has 0 atom stereocenters. The number of fused-ring (bicyclic) bond motifs is 4. The minimum Gasteiger partial charge on any atom is -0.0610 e. The molecule has 0 N–H and O–H groups in total. The van der Waals surface area contributed by atoms with Crippen molar-refractivity contribution >= 4 is 48.6 Å². The van der Waals surface area contributed by atoms with Crippen LogP contribution >= 0.6 is 0 Å². The van der Waals surface area contributed by atoms with Gasteiger partial charge in [0.2, 0.25) is 0 Å². The number of benzene rings is 2. The third-order valence-electron chi connectivity index (χ3n) is 4.78. The van der Waals surface area contributed by atoms with E-state index < -0.39 is 0 Å². The molecule has 2 aromatic rings. The molecule has 4 aliphatic rings. The quantitative estimate of drug-likeness (QED) is 0.702. The Morgan fingerprint density at radius 3 is 0.833 bits per heavy atom. The fraction of sp³-hybridized carbons (Fsp3) is 0. The lowest BCUT2D eigenvalue weighted by atomic mass is 10.1. The van der Waals surface area contributed by atoms with Crippen molar-refractivity contribution in [2.75, 3.05) is 0 Å². The van der Waals surface area contributed by atoms with E-state index in [1.165, 1.54) is 43.1 Å². The van der Waals surface area contributed by atoms with E-state index in [0.29, 0.717) is 0 Å². The van der Waals surface area contributed by atoms with E-state index in [1.54, 1.807) is 0 Å². The Hall–Kier alpha value is -3.12. The Morgan fingerprint density at radius 1 is 0.333 bits per heavy atom. The van der Waals surface area contributed by atoms with Crippen LogP contribution in [0.4, 0.5) is 0 Å². The third kappa shape index (κ3) is 2.16. The van der Waals surface area contributed by atoms with Crippen LogP contribution in [0.3, 0.4) is 0 Å². The lowest BCUT2D eigenvalue weighted by Crippen LogP contribution is -2.12. The highest BCUT2D eigenvalue weighted by Crippen LogP contribution is 2.06. The molecule has 0 bridgehead atoms. The molecule has 0 spiro atoms. The second kappa shape index (κ2) is 5.21. The van der Waals surface area contributed by atoms with Crippen LogP contribution in [0.5, 0.6) is 0 Å². The van der Waals surface area contributed by atoms with E-state index in [1.807, 2.05) is 0 Å². The minimum atomic E-state index is 1.34. The van der Waals surface area contributed by atoms with E-state index in [0.717, 1.165) is 0 Å². The van der Waals surface area contributed by atoms with Crippen molar-refractivity contribution in [2.24, 2.45) is 0 Å². The summed E-state index contributed by atoms with van der Waals surface area (Å²) >= 11 is 0. The van der Waals surface area contributed by atoms with E-state index in [4.69, 9.17) is 0 Å². The van der Waals surface area contributed by atoms with Gasteiger partial charge in [0.15, 0.2) is 0 Å². The fourth-order valence-corrected chi connectivity index (χ4v) is 3.51. The van der Waals surface area contributed by atoms with Crippen molar-refractivity contribution in [3.63, 3.8) is 0 Å². The van der Waals surface area contributed by atoms with Crippen LogP contribution < -0.4 is 20.9 Å². The largest absolute Gasteiger partial charge is 0.0610 e. The highest BCUT2D eigenvalue weighted by atomic mass is 14.1. The van der Waals surface area contributed by atoms with Crippen LogP contribution in [-0.4, -0.2) is 0 Å². The summed E-state index contributed by atoms with van der Waals surface area (Å²) in [4.78, 5) is 0. The molecular formula is C24H16. The summed E-state index contributed by atoms with van der Waals surface area (Å²) in [5.74, 6) is 0. The Bertz CT molecular complexity index is 1030. The highest BCUT2D eigenvalue weighted by molar-refractivity contribution is 5.74. The van der Waals surface area contributed by atoms with Crippen molar-refractivity contribution in [1.82, 2.24) is 0 Å². The normalized spacial score (nSPS) is 15.3. The zero-order valence-electron chi connectivity index (χ0n) is 13.2. The monoisotopic (exact) mass is 304 g/mol. The molecule has 0 heteroatoms. The maximum Gasteiger partial charge on any atom is -0.0178 e. The van der Waals surface area contributed by atoms with Crippen LogP contribution in [0.1, 0.15) is 22.3 Å². The lowest BCUT2D eigenvalue weighted by Gasteiger charge is -1.94. The summed E-state index contributed by atoms with van der Waals surface area (Å²) in [6, 6.07) is 8.96. The fourth-order valence-electron chi connectivity index (χ4n) is 3.51. The summed E-state index contributed by atoms with van der Waals surface area (Å²) in [6.07, 6.45) is 25.6. The maximum atomic E-state index is 2.24. The standard InChI is InChI=1S/2C12H8/c2*1-3-9-7-11-5-2-6-12(11)8-10(9)4-1/h2*1-8H. The van der Waals surface area contributed by atoms with Gasteiger partial charge in [0, 0.05) is 0 Å². The van der Waals surface area contributed by atoms with Crippen LogP contribution in [0.25, 0.3) is 48.6 Å². The highest BCUT2D eigenvalue weighted by Gasteiger charge is 2.02. The molecule has 0 saturated carbocycles. The molecule has 0 saturated heterocycles. The summed E-state index contributed by atoms with van der Waals surface area (Å²) in [5, 5.41) is 5.37. The van der Waals surface area contributed by atoms with Gasteiger partial charge in [-0.25, -0.2) is 0 Å². The Labute approximate surface area is 140 Å². The predicted molar refractivity (Wildman–Crippen MR) is 105 cm³/mol. The van der Waals surface area contributed by atoms with Gasteiger partial charge in [-0.15, -0.1) is 0 Å². The molecule has 0 aliphatic heterocycles. The van der Waals surface area contributed by atoms with Gasteiger partial charge in [-0.05, 0) is 67.4 Å². The smallest absolute Gasteiger partial charge is 0.0178 e. The maximum absolute atomic E-state index is 2.24. The van der Waals surface area contributed by atoms with Gasteiger partial charge in [-0.1, -0.05) is 72.9 Å². The van der Waals surface area contributed by atoms with Crippen molar-refractivity contribution in [1.29, 1.82) is 0 Å². The molecular weight excluding hydrogens is 288 g/mol. The lowest BCUT2D eigenvalue weighted by molar-refractivity contribution is 1.51. The molecule has 24 heavy (non-hydrogen) atoms. The van der Waals surface area contributed by atoms with Gasteiger partial charge < -0.3 is 0 Å². The summed E-state index contributed by atoms with van der Waals surface area (Å²) in [7, 11) is 0. The molecule has 0 heterocycles. The van der Waals surface area contributed by atoms with Crippen LogP contribution in [0, 0.1) is 0 Å². The van der Waals surface area contributed by atoms with Crippen LogP contribution in [-0.2, 0) is 0 Å². The summed E-state index contributed by atoms with van der Waals surface area (Å²) < 4.78 is 0. The van der Waals surface area contributed by atoms with Gasteiger partial charge >= 0.3 is 0 Å². The first-order valence-corrected chi connectivity index (χ1v) is 8.29. The second-order valence-electron chi connectivity index (χ2n) is 6.32. The van der Waals surface area contributed by atoms with Gasteiger partial charge in [0.25, 0.3) is 0 Å². The van der Waals surface area contributed by atoms with Crippen LogP contribution in [0.2, 0.25) is 0 Å². The first-order valence-electron chi connectivity index (χ1n) is 8.29. The average Bonchev–Trinajstić information content (AvgIpc) is 3.35. The molecule has 0 nitrogen and oxygen atoms in total. The third-order valence-corrected chi connectivity index (χ3v) is 4.78. The Morgan fingerprint density at radius 2 is 0.583 bits per heavy atom. The topological polar surface area (TPSA) is 0 Å². The first kappa shape index (κ1) is 13.3. The number of rotatable bonds is 0. The van der Waals surface area contributed by atoms with Gasteiger partial charge in [0.1, 0.15) is 0 Å². The molecule has 0 aromatic heterocycles. The van der Waals surface area contributed by atoms with Crippen molar-refractivity contribution in [3.05, 3.63) is 91.7 Å². The van der Waals surface area contributed by atoms with E-state index in [2.05, 4.69) is 97.2 Å². The molecule has 4 aliphatic carbocycles.